The summed E-state index contributed by atoms with van der Waals surface area (Å²) in [4.78, 5) is 2.10. The van der Waals surface area contributed by atoms with Crippen molar-refractivity contribution < 1.29 is 9.94 Å². The zero-order chi connectivity index (χ0) is 10.8. The molecule has 0 saturated heterocycles. The Morgan fingerprint density at radius 1 is 1.40 bits per heavy atom. The number of oxime groups is 1. The lowest BCUT2D eigenvalue weighted by atomic mass is 9.98. The van der Waals surface area contributed by atoms with Gasteiger partial charge in [-0.25, -0.2) is 0 Å². The second kappa shape index (κ2) is 3.90. The highest BCUT2D eigenvalue weighted by atomic mass is 16.5. The van der Waals surface area contributed by atoms with Crippen molar-refractivity contribution in [1.29, 1.82) is 0 Å². The molecule has 1 aliphatic rings. The van der Waals surface area contributed by atoms with Gasteiger partial charge in [-0.1, -0.05) is 11.2 Å². The van der Waals surface area contributed by atoms with Crippen LogP contribution in [0.5, 0.6) is 5.75 Å². The number of methoxy groups -OCH3 is 1. The molecule has 1 heterocycles. The highest BCUT2D eigenvalue weighted by Crippen LogP contribution is 2.23. The molecule has 0 unspecified atom stereocenters. The second-order valence-electron chi connectivity index (χ2n) is 3.74. The lowest BCUT2D eigenvalue weighted by Crippen LogP contribution is -2.32. The van der Waals surface area contributed by atoms with Gasteiger partial charge in [0, 0.05) is 18.7 Å². The van der Waals surface area contributed by atoms with Crippen LogP contribution in [-0.2, 0) is 6.54 Å². The van der Waals surface area contributed by atoms with E-state index in [4.69, 9.17) is 9.94 Å². The van der Waals surface area contributed by atoms with Gasteiger partial charge in [0.1, 0.15) is 11.5 Å². The van der Waals surface area contributed by atoms with Gasteiger partial charge in [-0.2, -0.15) is 0 Å². The molecule has 4 heteroatoms. The molecule has 0 spiro atoms. The summed E-state index contributed by atoms with van der Waals surface area (Å²) in [6, 6.07) is 5.85. The number of rotatable bonds is 1. The van der Waals surface area contributed by atoms with Crippen LogP contribution in [0.15, 0.2) is 23.4 Å². The number of hydrogen-bond donors (Lipinski definition) is 1. The molecule has 0 radical (unpaired) electrons. The number of ether oxygens (including phenoxy) is 1. The van der Waals surface area contributed by atoms with E-state index in [0.29, 0.717) is 12.3 Å². The van der Waals surface area contributed by atoms with Crippen molar-refractivity contribution in [3.8, 4) is 5.75 Å². The summed E-state index contributed by atoms with van der Waals surface area (Å²) in [6.07, 6.45) is 0. The fourth-order valence-electron chi connectivity index (χ4n) is 1.86. The molecule has 80 valence electrons. The minimum atomic E-state index is 0.663. The van der Waals surface area contributed by atoms with Gasteiger partial charge in [-0.15, -0.1) is 0 Å². The fraction of sp³-hybridized carbons (Fsp3) is 0.364. The SMILES string of the molecule is COc1ccc2c(c1)/C(=N/O)CN(C)C2. The second-order valence-corrected chi connectivity index (χ2v) is 3.74. The zero-order valence-corrected chi connectivity index (χ0v) is 8.90. The van der Waals surface area contributed by atoms with Gasteiger partial charge in [-0.05, 0) is 24.7 Å². The van der Waals surface area contributed by atoms with Crippen molar-refractivity contribution in [3.05, 3.63) is 29.3 Å². The summed E-state index contributed by atoms with van der Waals surface area (Å²) in [5, 5.41) is 12.3. The molecule has 1 N–H and O–H groups in total. The van der Waals surface area contributed by atoms with Gasteiger partial charge in [0.05, 0.1) is 7.11 Å². The largest absolute Gasteiger partial charge is 0.497 e. The van der Waals surface area contributed by atoms with Crippen LogP contribution in [0.25, 0.3) is 0 Å². The Bertz CT molecular complexity index is 402. The van der Waals surface area contributed by atoms with Gasteiger partial charge in [0.15, 0.2) is 0 Å². The molecule has 0 saturated carbocycles. The van der Waals surface area contributed by atoms with E-state index in [9.17, 15) is 0 Å². The van der Waals surface area contributed by atoms with Crippen LogP contribution in [0.4, 0.5) is 0 Å². The maximum atomic E-state index is 8.94. The maximum Gasteiger partial charge on any atom is 0.119 e. The van der Waals surface area contributed by atoms with E-state index >= 15 is 0 Å². The molecule has 1 aliphatic heterocycles. The third-order valence-corrected chi connectivity index (χ3v) is 2.61. The van der Waals surface area contributed by atoms with Crippen LogP contribution >= 0.6 is 0 Å². The summed E-state index contributed by atoms with van der Waals surface area (Å²) < 4.78 is 5.15. The average molecular weight is 206 g/mol. The zero-order valence-electron chi connectivity index (χ0n) is 8.90. The molecule has 0 amide bonds. The third-order valence-electron chi connectivity index (χ3n) is 2.61. The van der Waals surface area contributed by atoms with Crippen LogP contribution in [0.2, 0.25) is 0 Å². The van der Waals surface area contributed by atoms with Crippen LogP contribution in [-0.4, -0.2) is 36.5 Å². The van der Waals surface area contributed by atoms with Crippen LogP contribution < -0.4 is 4.74 Å². The lowest BCUT2D eigenvalue weighted by Gasteiger charge is -2.25. The number of likely N-dealkylation sites (N-methyl/N-ethyl adjacent to an activating group) is 1. The van der Waals surface area contributed by atoms with Crippen molar-refractivity contribution in [1.82, 2.24) is 4.90 Å². The summed E-state index contributed by atoms with van der Waals surface area (Å²) in [7, 11) is 3.63. The minimum Gasteiger partial charge on any atom is -0.497 e. The highest BCUT2D eigenvalue weighted by Gasteiger charge is 2.19. The Morgan fingerprint density at radius 3 is 2.87 bits per heavy atom. The Labute approximate surface area is 88.8 Å². The number of nitrogens with zero attached hydrogens (tertiary/aromatic N) is 2. The van der Waals surface area contributed by atoms with E-state index in [1.807, 2.05) is 25.2 Å². The summed E-state index contributed by atoms with van der Waals surface area (Å²) in [5.74, 6) is 0.791. The number of hydrogen-bond acceptors (Lipinski definition) is 4. The molecule has 0 bridgehead atoms. The van der Waals surface area contributed by atoms with Crippen LogP contribution in [0.3, 0.4) is 0 Å². The molecule has 0 atom stereocenters. The van der Waals surface area contributed by atoms with Gasteiger partial charge < -0.3 is 9.94 Å². The summed E-state index contributed by atoms with van der Waals surface area (Å²) in [6.45, 7) is 1.54. The first kappa shape index (κ1) is 9.98. The van der Waals surface area contributed by atoms with Gasteiger partial charge in [0.2, 0.25) is 0 Å². The molecule has 1 aromatic rings. The van der Waals surface area contributed by atoms with Gasteiger partial charge >= 0.3 is 0 Å². The maximum absolute atomic E-state index is 8.94. The Hall–Kier alpha value is -1.55. The van der Waals surface area contributed by atoms with E-state index in [-0.39, 0.29) is 0 Å². The van der Waals surface area contributed by atoms with Crippen molar-refractivity contribution in [3.63, 3.8) is 0 Å². The Morgan fingerprint density at radius 2 is 2.20 bits per heavy atom. The average Bonchev–Trinajstić information content (AvgIpc) is 2.27. The van der Waals surface area contributed by atoms with Crippen molar-refractivity contribution in [2.24, 2.45) is 5.16 Å². The molecule has 4 nitrogen and oxygen atoms in total. The predicted molar refractivity (Wildman–Crippen MR) is 57.7 cm³/mol. The first-order valence-electron chi connectivity index (χ1n) is 4.81. The Balaban J connectivity index is 2.48. The molecule has 1 aromatic carbocycles. The van der Waals surface area contributed by atoms with Gasteiger partial charge in [0.25, 0.3) is 0 Å². The minimum absolute atomic E-state index is 0.663. The normalized spacial score (nSPS) is 18.9. The third kappa shape index (κ3) is 1.80. The van der Waals surface area contributed by atoms with Crippen molar-refractivity contribution in [2.45, 2.75) is 6.54 Å². The van der Waals surface area contributed by atoms with Gasteiger partial charge in [-0.3, -0.25) is 4.90 Å². The topological polar surface area (TPSA) is 45.1 Å². The molecule has 15 heavy (non-hydrogen) atoms. The monoisotopic (exact) mass is 206 g/mol. The molecule has 2 rings (SSSR count). The van der Waals surface area contributed by atoms with E-state index < -0.39 is 0 Å². The molecular formula is C11H14N2O2. The number of benzene rings is 1. The summed E-state index contributed by atoms with van der Waals surface area (Å²) >= 11 is 0. The van der Waals surface area contributed by atoms with Crippen LogP contribution in [0.1, 0.15) is 11.1 Å². The first-order valence-corrected chi connectivity index (χ1v) is 4.81. The van der Waals surface area contributed by atoms with Crippen molar-refractivity contribution >= 4 is 5.71 Å². The van der Waals surface area contributed by atoms with E-state index in [1.54, 1.807) is 7.11 Å². The van der Waals surface area contributed by atoms with E-state index in [1.165, 1.54) is 0 Å². The quantitative estimate of drug-likeness (QED) is 0.556. The van der Waals surface area contributed by atoms with E-state index in [2.05, 4.69) is 10.1 Å². The molecular weight excluding hydrogens is 192 g/mol. The highest BCUT2D eigenvalue weighted by molar-refractivity contribution is 6.04. The van der Waals surface area contributed by atoms with Crippen LogP contribution in [0, 0.1) is 0 Å². The fourth-order valence-corrected chi connectivity index (χ4v) is 1.86. The molecule has 0 fully saturated rings. The number of fused-ring (bicyclic) bond motifs is 1. The lowest BCUT2D eigenvalue weighted by molar-refractivity contribution is 0.306. The predicted octanol–water partition coefficient (Wildman–Crippen LogP) is 1.32. The molecule has 0 aliphatic carbocycles. The Kier molecular flexibility index (Phi) is 2.60. The van der Waals surface area contributed by atoms with E-state index in [0.717, 1.165) is 23.4 Å². The standard InChI is InChI=1S/C11H14N2O2/c1-13-6-8-3-4-9(15-2)5-10(8)11(7-13)12-14/h3-5,14H,6-7H2,1-2H3/b12-11+. The molecule has 0 aromatic heterocycles. The summed E-state index contributed by atoms with van der Waals surface area (Å²) in [5.41, 5.74) is 2.84. The smallest absolute Gasteiger partial charge is 0.119 e. The van der Waals surface area contributed by atoms with Crippen molar-refractivity contribution in [2.75, 3.05) is 20.7 Å². The first-order chi connectivity index (χ1) is 7.24.